The Morgan fingerprint density at radius 3 is 2.62 bits per heavy atom. The molecule has 2 unspecified atom stereocenters. The van der Waals surface area contributed by atoms with E-state index < -0.39 is 33.3 Å². The average Bonchev–Trinajstić information content (AvgIpc) is 3.37. The number of carbonyl (C=O) groups excluding carboxylic acids is 2. The van der Waals surface area contributed by atoms with E-state index in [0.29, 0.717) is 45.3 Å². The first kappa shape index (κ1) is 24.8. The standard InChI is InChI=1S/C26H34N2O5S/c1-3-14-27(17-18-10-6-4-7-11-18)23(31)21-26-13-12-25(2,34-26)20(24(32)33)19(26)22(30)28(21)15-8-5-9-16-29/h3-4,6-7,10-11,19-21,29H,1,5,8-9,12-17H2,2H3,(H,32,33)/t19-,20+,21?,25-,26?/m0/s1. The molecule has 34 heavy (non-hydrogen) atoms. The molecule has 2 bridgehead atoms. The van der Waals surface area contributed by atoms with Crippen molar-refractivity contribution in [3.63, 3.8) is 0 Å². The molecular formula is C26H34N2O5S. The number of carboxylic acids is 1. The number of fused-ring (bicyclic) bond motifs is 1. The molecule has 0 aliphatic carbocycles. The largest absolute Gasteiger partial charge is 0.481 e. The van der Waals surface area contributed by atoms with Gasteiger partial charge in [0, 0.05) is 31.0 Å². The van der Waals surface area contributed by atoms with E-state index in [-0.39, 0.29) is 18.4 Å². The zero-order chi connectivity index (χ0) is 24.5. The van der Waals surface area contributed by atoms with Crippen LogP contribution in [-0.2, 0) is 20.9 Å². The van der Waals surface area contributed by atoms with E-state index in [9.17, 15) is 19.5 Å². The molecule has 3 heterocycles. The molecule has 0 aromatic heterocycles. The maximum Gasteiger partial charge on any atom is 0.308 e. The second kappa shape index (κ2) is 9.74. The lowest BCUT2D eigenvalue weighted by Crippen LogP contribution is -2.54. The van der Waals surface area contributed by atoms with Crippen LogP contribution < -0.4 is 0 Å². The highest BCUT2D eigenvalue weighted by molar-refractivity contribution is 8.02. The average molecular weight is 487 g/mol. The number of aliphatic hydroxyl groups is 1. The van der Waals surface area contributed by atoms with Gasteiger partial charge in [-0.25, -0.2) is 0 Å². The Labute approximate surface area is 205 Å². The Balaban J connectivity index is 1.70. The van der Waals surface area contributed by atoms with E-state index in [1.54, 1.807) is 27.6 Å². The topological polar surface area (TPSA) is 98.2 Å². The summed E-state index contributed by atoms with van der Waals surface area (Å²) in [6.45, 7) is 7.00. The van der Waals surface area contributed by atoms with Crippen molar-refractivity contribution in [1.82, 2.24) is 9.80 Å². The highest BCUT2D eigenvalue weighted by Crippen LogP contribution is 2.71. The molecule has 1 spiro atoms. The lowest BCUT2D eigenvalue weighted by Gasteiger charge is -2.37. The number of carboxylic acid groups (broad SMARTS) is 1. The zero-order valence-electron chi connectivity index (χ0n) is 19.7. The molecule has 5 atom stereocenters. The molecule has 4 rings (SSSR count). The summed E-state index contributed by atoms with van der Waals surface area (Å²) in [6.07, 6.45) is 5.08. The SMILES string of the molecule is C=CCN(Cc1ccccc1)C(=O)C1N(CCCCCO)C(=O)[C@@H]2[C@H](C(=O)O)[C@]3(C)CCC12S3. The van der Waals surface area contributed by atoms with Gasteiger partial charge < -0.3 is 20.0 Å². The van der Waals surface area contributed by atoms with E-state index in [1.807, 2.05) is 37.3 Å². The fourth-order valence-electron chi connectivity index (χ4n) is 6.26. The minimum absolute atomic E-state index is 0.0857. The van der Waals surface area contributed by atoms with Gasteiger partial charge in [-0.1, -0.05) is 36.4 Å². The number of aliphatic hydroxyl groups excluding tert-OH is 1. The molecule has 1 aromatic rings. The maximum atomic E-state index is 14.2. The molecule has 0 saturated carbocycles. The lowest BCUT2D eigenvalue weighted by molar-refractivity contribution is -0.150. The smallest absolute Gasteiger partial charge is 0.308 e. The Kier molecular flexibility index (Phi) is 7.10. The van der Waals surface area contributed by atoms with E-state index in [0.717, 1.165) is 12.0 Å². The van der Waals surface area contributed by atoms with Crippen LogP contribution in [0.3, 0.4) is 0 Å². The first-order valence-corrected chi connectivity index (χ1v) is 12.9. The number of carbonyl (C=O) groups is 3. The molecule has 8 heteroatoms. The number of hydrogen-bond acceptors (Lipinski definition) is 5. The van der Waals surface area contributed by atoms with Crippen molar-refractivity contribution < 1.29 is 24.6 Å². The summed E-state index contributed by atoms with van der Waals surface area (Å²) in [5.74, 6) is -2.77. The van der Waals surface area contributed by atoms with E-state index in [4.69, 9.17) is 5.11 Å². The number of amides is 2. The van der Waals surface area contributed by atoms with Crippen LogP contribution in [0, 0.1) is 11.8 Å². The number of aliphatic carboxylic acids is 1. The Bertz CT molecular complexity index is 956. The highest BCUT2D eigenvalue weighted by atomic mass is 32.2. The number of unbranched alkanes of at least 4 members (excludes halogenated alkanes) is 2. The quantitative estimate of drug-likeness (QED) is 0.369. The summed E-state index contributed by atoms with van der Waals surface area (Å²) in [6, 6.07) is 9.03. The van der Waals surface area contributed by atoms with Crippen LogP contribution in [-0.4, -0.2) is 73.0 Å². The summed E-state index contributed by atoms with van der Waals surface area (Å²) in [4.78, 5) is 43.7. The van der Waals surface area contributed by atoms with Crippen LogP contribution in [0.5, 0.6) is 0 Å². The van der Waals surface area contributed by atoms with Crippen LogP contribution in [0.1, 0.15) is 44.6 Å². The predicted octanol–water partition coefficient (Wildman–Crippen LogP) is 2.93. The number of rotatable bonds is 11. The van der Waals surface area contributed by atoms with E-state index >= 15 is 0 Å². The number of thioether (sulfide) groups is 1. The Morgan fingerprint density at radius 1 is 1.24 bits per heavy atom. The van der Waals surface area contributed by atoms with Crippen molar-refractivity contribution in [2.75, 3.05) is 19.7 Å². The first-order chi connectivity index (χ1) is 16.3. The normalized spacial score (nSPS) is 31.5. The number of nitrogens with zero attached hydrogens (tertiary/aromatic N) is 2. The van der Waals surface area contributed by atoms with E-state index in [1.165, 1.54) is 0 Å². The van der Waals surface area contributed by atoms with Gasteiger partial charge in [-0.2, -0.15) is 0 Å². The molecule has 7 nitrogen and oxygen atoms in total. The van der Waals surface area contributed by atoms with Crippen molar-refractivity contribution in [3.8, 4) is 0 Å². The van der Waals surface area contributed by atoms with Gasteiger partial charge >= 0.3 is 5.97 Å². The molecular weight excluding hydrogens is 452 g/mol. The number of hydrogen-bond donors (Lipinski definition) is 2. The van der Waals surface area contributed by atoms with Gasteiger partial charge in [-0.05, 0) is 44.6 Å². The van der Waals surface area contributed by atoms with Gasteiger partial charge in [0.25, 0.3) is 0 Å². The van der Waals surface area contributed by atoms with Gasteiger partial charge in [0.2, 0.25) is 11.8 Å². The highest BCUT2D eigenvalue weighted by Gasteiger charge is 2.77. The van der Waals surface area contributed by atoms with Crippen LogP contribution in [0.25, 0.3) is 0 Å². The monoisotopic (exact) mass is 486 g/mol. The summed E-state index contributed by atoms with van der Waals surface area (Å²) in [5.41, 5.74) is 0.990. The third-order valence-corrected chi connectivity index (χ3v) is 9.70. The van der Waals surface area contributed by atoms with Crippen molar-refractivity contribution >= 4 is 29.5 Å². The molecule has 3 fully saturated rings. The number of benzene rings is 1. The second-order valence-corrected chi connectivity index (χ2v) is 11.8. The van der Waals surface area contributed by atoms with Crippen LogP contribution in [0.2, 0.25) is 0 Å². The van der Waals surface area contributed by atoms with Crippen LogP contribution in [0.15, 0.2) is 43.0 Å². The molecule has 3 saturated heterocycles. The van der Waals surface area contributed by atoms with Crippen molar-refractivity contribution in [1.29, 1.82) is 0 Å². The summed E-state index contributed by atoms with van der Waals surface area (Å²) >= 11 is 1.56. The van der Waals surface area contributed by atoms with Gasteiger partial charge in [0.1, 0.15) is 6.04 Å². The molecule has 2 N–H and O–H groups in total. The molecule has 3 aliphatic heterocycles. The minimum atomic E-state index is -0.949. The Morgan fingerprint density at radius 2 is 1.97 bits per heavy atom. The molecule has 2 amide bonds. The van der Waals surface area contributed by atoms with Crippen molar-refractivity contribution in [2.24, 2.45) is 11.8 Å². The summed E-state index contributed by atoms with van der Waals surface area (Å²) in [7, 11) is 0. The third kappa shape index (κ3) is 4.05. The van der Waals surface area contributed by atoms with Gasteiger partial charge in [0.15, 0.2) is 0 Å². The Hall–Kier alpha value is -2.32. The fraction of sp³-hybridized carbons (Fsp3) is 0.577. The fourth-order valence-corrected chi connectivity index (χ4v) is 8.60. The van der Waals surface area contributed by atoms with Gasteiger partial charge in [-0.15, -0.1) is 18.3 Å². The molecule has 1 aromatic carbocycles. The van der Waals surface area contributed by atoms with Crippen LogP contribution >= 0.6 is 11.8 Å². The second-order valence-electron chi connectivity index (χ2n) is 9.87. The van der Waals surface area contributed by atoms with Crippen LogP contribution in [0.4, 0.5) is 0 Å². The van der Waals surface area contributed by atoms with Crippen molar-refractivity contribution in [3.05, 3.63) is 48.6 Å². The summed E-state index contributed by atoms with van der Waals surface area (Å²) in [5, 5.41) is 19.2. The van der Waals surface area contributed by atoms with E-state index in [2.05, 4.69) is 6.58 Å². The lowest BCUT2D eigenvalue weighted by atomic mass is 9.66. The van der Waals surface area contributed by atoms with Gasteiger partial charge in [-0.3, -0.25) is 14.4 Å². The summed E-state index contributed by atoms with van der Waals surface area (Å²) < 4.78 is -1.27. The minimum Gasteiger partial charge on any atom is -0.481 e. The molecule has 184 valence electrons. The first-order valence-electron chi connectivity index (χ1n) is 12.1. The van der Waals surface area contributed by atoms with Crippen molar-refractivity contribution in [2.45, 2.75) is 61.1 Å². The zero-order valence-corrected chi connectivity index (χ0v) is 20.5. The number of likely N-dealkylation sites (tertiary alicyclic amines) is 1. The molecule has 3 aliphatic rings. The predicted molar refractivity (Wildman–Crippen MR) is 131 cm³/mol. The molecule has 0 radical (unpaired) electrons. The maximum absolute atomic E-state index is 14.2. The third-order valence-electron chi connectivity index (χ3n) is 7.71. The van der Waals surface area contributed by atoms with Gasteiger partial charge in [0.05, 0.1) is 16.6 Å².